The summed E-state index contributed by atoms with van der Waals surface area (Å²) in [6.07, 6.45) is 4.57. The third-order valence-corrected chi connectivity index (χ3v) is 3.33. The molecule has 134 valence electrons. The Bertz CT molecular complexity index is 252. The summed E-state index contributed by atoms with van der Waals surface area (Å²) in [5.74, 6) is 0.885. The van der Waals surface area contributed by atoms with E-state index in [1.165, 1.54) is 19.4 Å². The SMILES string of the molecule is CCCCOCCCNC(=NC)NCCN(CC)CCC.I. The van der Waals surface area contributed by atoms with E-state index in [0.29, 0.717) is 0 Å². The van der Waals surface area contributed by atoms with Crippen LogP contribution in [0.3, 0.4) is 0 Å². The summed E-state index contributed by atoms with van der Waals surface area (Å²) in [7, 11) is 1.82. The van der Waals surface area contributed by atoms with E-state index in [-0.39, 0.29) is 24.0 Å². The third-order valence-electron chi connectivity index (χ3n) is 3.33. The van der Waals surface area contributed by atoms with Crippen molar-refractivity contribution in [2.24, 2.45) is 4.99 Å². The van der Waals surface area contributed by atoms with Gasteiger partial charge in [-0.25, -0.2) is 0 Å². The van der Waals surface area contributed by atoms with E-state index in [2.05, 4.69) is 41.3 Å². The summed E-state index contributed by atoms with van der Waals surface area (Å²) in [5.41, 5.74) is 0. The summed E-state index contributed by atoms with van der Waals surface area (Å²) in [5, 5.41) is 6.68. The van der Waals surface area contributed by atoms with Crippen molar-refractivity contribution >= 4 is 29.9 Å². The van der Waals surface area contributed by atoms with Crippen molar-refractivity contribution in [3.63, 3.8) is 0 Å². The van der Waals surface area contributed by atoms with Crippen LogP contribution >= 0.6 is 24.0 Å². The first-order valence-corrected chi connectivity index (χ1v) is 8.53. The summed E-state index contributed by atoms with van der Waals surface area (Å²) < 4.78 is 5.54. The number of hydrogen-bond acceptors (Lipinski definition) is 3. The van der Waals surface area contributed by atoms with Crippen molar-refractivity contribution in [1.29, 1.82) is 0 Å². The molecule has 0 saturated carbocycles. The Morgan fingerprint density at radius 1 is 0.955 bits per heavy atom. The van der Waals surface area contributed by atoms with Gasteiger partial charge in [0.2, 0.25) is 0 Å². The van der Waals surface area contributed by atoms with Gasteiger partial charge < -0.3 is 20.3 Å². The molecule has 2 N–H and O–H groups in total. The van der Waals surface area contributed by atoms with Crippen molar-refractivity contribution in [3.8, 4) is 0 Å². The first kappa shape index (κ1) is 24.2. The predicted octanol–water partition coefficient (Wildman–Crippen LogP) is 2.71. The molecule has 0 aromatic heterocycles. The minimum Gasteiger partial charge on any atom is -0.381 e. The number of halogens is 1. The van der Waals surface area contributed by atoms with E-state index in [1.807, 2.05) is 7.05 Å². The zero-order valence-corrected chi connectivity index (χ0v) is 17.3. The van der Waals surface area contributed by atoms with E-state index in [9.17, 15) is 0 Å². The Hall–Kier alpha value is -0.0800. The summed E-state index contributed by atoms with van der Waals surface area (Å²) in [4.78, 5) is 6.69. The first-order chi connectivity index (χ1) is 10.3. The van der Waals surface area contributed by atoms with Crippen LogP contribution in [0.4, 0.5) is 0 Å². The largest absolute Gasteiger partial charge is 0.381 e. The number of guanidine groups is 1. The highest BCUT2D eigenvalue weighted by Crippen LogP contribution is 1.90. The molecular weight excluding hydrogens is 391 g/mol. The van der Waals surface area contributed by atoms with Gasteiger partial charge in [0.25, 0.3) is 0 Å². The molecule has 22 heavy (non-hydrogen) atoms. The average molecular weight is 428 g/mol. The lowest BCUT2D eigenvalue weighted by atomic mass is 10.4. The number of ether oxygens (including phenoxy) is 1. The lowest BCUT2D eigenvalue weighted by molar-refractivity contribution is 0.129. The second-order valence-corrected chi connectivity index (χ2v) is 5.18. The molecule has 6 heteroatoms. The molecule has 0 aromatic carbocycles. The molecule has 0 amide bonds. The molecular formula is C16H37IN4O. The Kier molecular flexibility index (Phi) is 20.8. The molecule has 5 nitrogen and oxygen atoms in total. The van der Waals surface area contributed by atoms with Gasteiger partial charge in [0.05, 0.1) is 0 Å². The molecule has 0 fully saturated rings. The van der Waals surface area contributed by atoms with Crippen molar-refractivity contribution in [1.82, 2.24) is 15.5 Å². The molecule has 0 rings (SSSR count). The summed E-state index contributed by atoms with van der Waals surface area (Å²) in [6, 6.07) is 0. The van der Waals surface area contributed by atoms with Gasteiger partial charge in [-0.05, 0) is 32.4 Å². The molecule has 0 aliphatic carbocycles. The van der Waals surface area contributed by atoms with Crippen LogP contribution in [0.15, 0.2) is 4.99 Å². The van der Waals surface area contributed by atoms with Crippen LogP contribution in [-0.4, -0.2) is 63.8 Å². The molecule has 0 radical (unpaired) electrons. The number of rotatable bonds is 13. The number of likely N-dealkylation sites (N-methyl/N-ethyl adjacent to an activating group) is 1. The molecule has 0 aromatic rings. The molecule has 0 atom stereocenters. The summed E-state index contributed by atoms with van der Waals surface area (Å²) in [6.45, 7) is 13.5. The van der Waals surface area contributed by atoms with E-state index >= 15 is 0 Å². The predicted molar refractivity (Wildman–Crippen MR) is 108 cm³/mol. The quantitative estimate of drug-likeness (QED) is 0.205. The monoisotopic (exact) mass is 428 g/mol. The van der Waals surface area contributed by atoms with Crippen molar-refractivity contribution in [3.05, 3.63) is 0 Å². The van der Waals surface area contributed by atoms with Crippen molar-refractivity contribution < 1.29 is 4.74 Å². The van der Waals surface area contributed by atoms with Crippen LogP contribution in [0, 0.1) is 0 Å². The van der Waals surface area contributed by atoms with Crippen molar-refractivity contribution in [2.75, 3.05) is 53.0 Å². The second-order valence-electron chi connectivity index (χ2n) is 5.18. The first-order valence-electron chi connectivity index (χ1n) is 8.53. The smallest absolute Gasteiger partial charge is 0.191 e. The van der Waals surface area contributed by atoms with E-state index in [0.717, 1.165) is 58.2 Å². The van der Waals surface area contributed by atoms with E-state index in [4.69, 9.17) is 4.74 Å². The van der Waals surface area contributed by atoms with Gasteiger partial charge in [0, 0.05) is 39.9 Å². The Morgan fingerprint density at radius 2 is 1.64 bits per heavy atom. The molecule has 0 unspecified atom stereocenters. The van der Waals surface area contributed by atoms with Crippen LogP contribution in [0.25, 0.3) is 0 Å². The number of nitrogens with one attached hydrogen (secondary N) is 2. The number of nitrogens with zero attached hydrogens (tertiary/aromatic N) is 2. The number of hydrogen-bond donors (Lipinski definition) is 2. The van der Waals surface area contributed by atoms with Gasteiger partial charge >= 0.3 is 0 Å². The highest BCUT2D eigenvalue weighted by atomic mass is 127. The van der Waals surface area contributed by atoms with E-state index in [1.54, 1.807) is 0 Å². The Morgan fingerprint density at radius 3 is 2.23 bits per heavy atom. The van der Waals surface area contributed by atoms with Crippen LogP contribution in [-0.2, 0) is 4.74 Å². The van der Waals surface area contributed by atoms with Crippen LogP contribution < -0.4 is 10.6 Å². The zero-order chi connectivity index (χ0) is 15.8. The lowest BCUT2D eigenvalue weighted by Crippen LogP contribution is -2.42. The topological polar surface area (TPSA) is 48.9 Å². The number of aliphatic imine (C=N–C) groups is 1. The summed E-state index contributed by atoms with van der Waals surface area (Å²) >= 11 is 0. The van der Waals surface area contributed by atoms with Gasteiger partial charge in [-0.1, -0.05) is 27.2 Å². The molecule has 0 bridgehead atoms. The van der Waals surface area contributed by atoms with Gasteiger partial charge in [0.1, 0.15) is 0 Å². The molecule has 0 saturated heterocycles. The maximum Gasteiger partial charge on any atom is 0.191 e. The van der Waals surface area contributed by atoms with Crippen LogP contribution in [0.1, 0.15) is 46.5 Å². The fourth-order valence-electron chi connectivity index (χ4n) is 2.03. The lowest BCUT2D eigenvalue weighted by Gasteiger charge is -2.20. The third kappa shape index (κ3) is 14.8. The van der Waals surface area contributed by atoms with Crippen LogP contribution in [0.5, 0.6) is 0 Å². The van der Waals surface area contributed by atoms with Crippen molar-refractivity contribution in [2.45, 2.75) is 46.5 Å². The Labute approximate surface area is 154 Å². The minimum absolute atomic E-state index is 0. The van der Waals surface area contributed by atoms with E-state index < -0.39 is 0 Å². The molecule has 0 heterocycles. The minimum atomic E-state index is 0. The molecule has 0 aliphatic heterocycles. The fraction of sp³-hybridized carbons (Fsp3) is 0.938. The zero-order valence-electron chi connectivity index (χ0n) is 15.0. The average Bonchev–Trinajstić information content (AvgIpc) is 2.51. The standard InChI is InChI=1S/C16H36N4O.HI/c1-5-8-14-21-15-9-10-18-16(17-4)19-11-13-20(7-3)12-6-2;/h5-15H2,1-4H3,(H2,17,18,19);1H. The second kappa shape index (κ2) is 19.0. The molecule has 0 aliphatic rings. The van der Waals surface area contributed by atoms with Gasteiger partial charge in [-0.2, -0.15) is 0 Å². The van der Waals surface area contributed by atoms with Gasteiger partial charge in [-0.3, -0.25) is 4.99 Å². The normalized spacial score (nSPS) is 11.4. The maximum atomic E-state index is 5.54. The number of unbranched alkanes of at least 4 members (excludes halogenated alkanes) is 1. The maximum absolute atomic E-state index is 5.54. The highest BCUT2D eigenvalue weighted by Gasteiger charge is 2.01. The highest BCUT2D eigenvalue weighted by molar-refractivity contribution is 14.0. The Balaban J connectivity index is 0. The fourth-order valence-corrected chi connectivity index (χ4v) is 2.03. The van der Waals surface area contributed by atoms with Crippen LogP contribution in [0.2, 0.25) is 0 Å². The van der Waals surface area contributed by atoms with Gasteiger partial charge in [0.15, 0.2) is 5.96 Å². The van der Waals surface area contributed by atoms with Gasteiger partial charge in [-0.15, -0.1) is 24.0 Å². The molecule has 0 spiro atoms.